The Hall–Kier alpha value is -1.70. The van der Waals surface area contributed by atoms with Gasteiger partial charge in [0.05, 0.1) is 12.1 Å². The molecule has 1 aliphatic rings. The van der Waals surface area contributed by atoms with Crippen molar-refractivity contribution >= 4 is 28.6 Å². The third-order valence-corrected chi connectivity index (χ3v) is 3.71. The number of carbonyl (C=O) groups excluding carboxylic acids is 2. The third kappa shape index (κ3) is 3.06. The quantitative estimate of drug-likeness (QED) is 0.853. The molecule has 0 spiro atoms. The van der Waals surface area contributed by atoms with Crippen LogP contribution >= 0.6 is 11.8 Å². The molecule has 0 atom stereocenters. The highest BCUT2D eigenvalue weighted by atomic mass is 32.2. The number of anilines is 1. The molecule has 0 bridgehead atoms. The summed E-state index contributed by atoms with van der Waals surface area (Å²) >= 11 is 0.926. The molecule has 8 heteroatoms. The van der Waals surface area contributed by atoms with E-state index in [4.69, 9.17) is 5.73 Å². The van der Waals surface area contributed by atoms with Crippen LogP contribution in [0.25, 0.3) is 0 Å². The lowest BCUT2D eigenvalue weighted by atomic mass is 10.1. The van der Waals surface area contributed by atoms with Gasteiger partial charge in [-0.15, -0.1) is 0 Å². The lowest BCUT2D eigenvalue weighted by Crippen LogP contribution is -2.38. The lowest BCUT2D eigenvalue weighted by molar-refractivity contribution is -0.139. The summed E-state index contributed by atoms with van der Waals surface area (Å²) in [5.74, 6) is -0.0964. The second-order valence-electron chi connectivity index (χ2n) is 4.26. The van der Waals surface area contributed by atoms with E-state index in [1.54, 1.807) is 0 Å². The summed E-state index contributed by atoms with van der Waals surface area (Å²) in [6, 6.07) is 3.32. The maximum absolute atomic E-state index is 12.9. The fourth-order valence-electron chi connectivity index (χ4n) is 1.86. The van der Waals surface area contributed by atoms with Crippen LogP contribution < -0.4 is 5.73 Å². The molecule has 0 aliphatic carbocycles. The summed E-state index contributed by atoms with van der Waals surface area (Å²) in [5, 5.41) is -0.522. The Morgan fingerprint density at radius 2 is 2.00 bits per heavy atom. The molecule has 2 rings (SSSR count). The SMILES string of the molecule is Nc1ccc(CN2C(=O)CCSC2=O)c(C(F)(F)F)c1. The van der Waals surface area contributed by atoms with Crippen molar-refractivity contribution in [3.63, 3.8) is 0 Å². The Kier molecular flexibility index (Phi) is 3.94. The van der Waals surface area contributed by atoms with Crippen molar-refractivity contribution in [1.29, 1.82) is 0 Å². The number of rotatable bonds is 2. The van der Waals surface area contributed by atoms with Crippen LogP contribution in [0.4, 0.5) is 23.7 Å². The molecule has 2 N–H and O–H groups in total. The van der Waals surface area contributed by atoms with E-state index in [-0.39, 0.29) is 24.2 Å². The van der Waals surface area contributed by atoms with Crippen LogP contribution in [0.5, 0.6) is 0 Å². The van der Waals surface area contributed by atoms with Gasteiger partial charge in [-0.2, -0.15) is 13.2 Å². The fraction of sp³-hybridized carbons (Fsp3) is 0.333. The number of benzene rings is 1. The normalized spacial score (nSPS) is 16.6. The summed E-state index contributed by atoms with van der Waals surface area (Å²) in [7, 11) is 0. The standard InChI is InChI=1S/C12H11F3N2O2S/c13-12(14,15)9-5-8(16)2-1-7(9)6-17-10(18)3-4-20-11(17)19/h1-2,5H,3-4,6,16H2. The largest absolute Gasteiger partial charge is 0.416 e. The Morgan fingerprint density at radius 3 is 2.60 bits per heavy atom. The number of amides is 2. The van der Waals surface area contributed by atoms with Crippen molar-refractivity contribution in [2.45, 2.75) is 19.1 Å². The smallest absolute Gasteiger partial charge is 0.399 e. The molecule has 0 radical (unpaired) electrons. The van der Waals surface area contributed by atoms with Crippen LogP contribution in [-0.2, 0) is 17.5 Å². The average Bonchev–Trinajstić information content (AvgIpc) is 2.34. The Bertz CT molecular complexity index is 544. The number of nitrogen functional groups attached to an aromatic ring is 1. The molecule has 0 aromatic heterocycles. The van der Waals surface area contributed by atoms with E-state index in [1.165, 1.54) is 12.1 Å². The van der Waals surface area contributed by atoms with Crippen LogP contribution in [0.1, 0.15) is 17.5 Å². The maximum Gasteiger partial charge on any atom is 0.416 e. The molecule has 1 aliphatic heterocycles. The number of nitrogens with two attached hydrogens (primary N) is 1. The molecule has 1 saturated heterocycles. The first kappa shape index (κ1) is 14.7. The van der Waals surface area contributed by atoms with Gasteiger partial charge in [0, 0.05) is 17.9 Å². The second kappa shape index (κ2) is 5.35. The minimum absolute atomic E-state index is 0.0215. The molecule has 20 heavy (non-hydrogen) atoms. The molecule has 0 saturated carbocycles. The Balaban J connectivity index is 2.33. The van der Waals surface area contributed by atoms with Crippen molar-refractivity contribution in [2.24, 2.45) is 0 Å². The van der Waals surface area contributed by atoms with E-state index < -0.39 is 22.9 Å². The number of thioether (sulfide) groups is 1. The van der Waals surface area contributed by atoms with Gasteiger partial charge in [0.2, 0.25) is 5.91 Å². The zero-order valence-corrected chi connectivity index (χ0v) is 11.1. The van der Waals surface area contributed by atoms with E-state index in [0.29, 0.717) is 5.75 Å². The van der Waals surface area contributed by atoms with Gasteiger partial charge in [0.25, 0.3) is 5.24 Å². The molecule has 2 amide bonds. The minimum atomic E-state index is -4.58. The van der Waals surface area contributed by atoms with Crippen LogP contribution in [0.2, 0.25) is 0 Å². The first-order valence-electron chi connectivity index (χ1n) is 5.72. The minimum Gasteiger partial charge on any atom is -0.399 e. The van der Waals surface area contributed by atoms with Crippen molar-refractivity contribution in [2.75, 3.05) is 11.5 Å². The Labute approximate surface area is 117 Å². The predicted octanol–water partition coefficient (Wildman–Crippen LogP) is 2.87. The summed E-state index contributed by atoms with van der Waals surface area (Å²) in [6.07, 6.45) is -4.44. The van der Waals surface area contributed by atoms with Crippen molar-refractivity contribution in [3.8, 4) is 0 Å². The van der Waals surface area contributed by atoms with E-state index >= 15 is 0 Å². The summed E-state index contributed by atoms with van der Waals surface area (Å²) in [6.45, 7) is -0.389. The number of hydrogen-bond acceptors (Lipinski definition) is 4. The van der Waals surface area contributed by atoms with Gasteiger partial charge < -0.3 is 5.73 Å². The molecule has 1 aromatic rings. The van der Waals surface area contributed by atoms with E-state index in [0.717, 1.165) is 22.7 Å². The highest BCUT2D eigenvalue weighted by Gasteiger charge is 2.35. The average molecular weight is 304 g/mol. The lowest BCUT2D eigenvalue weighted by Gasteiger charge is -2.25. The number of carbonyl (C=O) groups is 2. The van der Waals surface area contributed by atoms with Crippen molar-refractivity contribution < 1.29 is 22.8 Å². The fourth-order valence-corrected chi connectivity index (χ4v) is 2.63. The zero-order chi connectivity index (χ0) is 14.9. The molecular formula is C12H11F3N2O2S. The van der Waals surface area contributed by atoms with Crippen molar-refractivity contribution in [1.82, 2.24) is 4.90 Å². The number of hydrogen-bond donors (Lipinski definition) is 1. The first-order valence-corrected chi connectivity index (χ1v) is 6.70. The topological polar surface area (TPSA) is 63.4 Å². The predicted molar refractivity (Wildman–Crippen MR) is 68.9 cm³/mol. The monoisotopic (exact) mass is 304 g/mol. The molecule has 1 aromatic carbocycles. The van der Waals surface area contributed by atoms with Gasteiger partial charge in [-0.25, -0.2) is 0 Å². The number of imide groups is 1. The third-order valence-electron chi connectivity index (χ3n) is 2.83. The summed E-state index contributed by atoms with van der Waals surface area (Å²) in [5.41, 5.74) is 4.27. The van der Waals surface area contributed by atoms with Crippen LogP contribution in [0, 0.1) is 0 Å². The zero-order valence-electron chi connectivity index (χ0n) is 10.2. The van der Waals surface area contributed by atoms with Gasteiger partial charge in [-0.05, 0) is 17.7 Å². The van der Waals surface area contributed by atoms with Gasteiger partial charge in [0.1, 0.15) is 0 Å². The Morgan fingerprint density at radius 1 is 1.30 bits per heavy atom. The summed E-state index contributed by atoms with van der Waals surface area (Å²) < 4.78 is 38.8. The van der Waals surface area contributed by atoms with Crippen LogP contribution in [-0.4, -0.2) is 21.8 Å². The van der Waals surface area contributed by atoms with Gasteiger partial charge in [-0.3, -0.25) is 14.5 Å². The van der Waals surface area contributed by atoms with Gasteiger partial charge >= 0.3 is 6.18 Å². The van der Waals surface area contributed by atoms with Gasteiger partial charge in [-0.1, -0.05) is 17.8 Å². The molecular weight excluding hydrogens is 293 g/mol. The highest BCUT2D eigenvalue weighted by Crippen LogP contribution is 2.34. The molecule has 0 unspecified atom stereocenters. The highest BCUT2D eigenvalue weighted by molar-refractivity contribution is 8.13. The maximum atomic E-state index is 12.9. The van der Waals surface area contributed by atoms with Gasteiger partial charge in [0.15, 0.2) is 0 Å². The molecule has 108 valence electrons. The number of halogens is 3. The van der Waals surface area contributed by atoms with E-state index in [2.05, 4.69) is 0 Å². The first-order chi connectivity index (χ1) is 9.29. The van der Waals surface area contributed by atoms with Crippen LogP contribution in [0.15, 0.2) is 18.2 Å². The second-order valence-corrected chi connectivity index (χ2v) is 5.30. The summed E-state index contributed by atoms with van der Waals surface area (Å²) in [4.78, 5) is 24.1. The molecule has 1 fully saturated rings. The van der Waals surface area contributed by atoms with Crippen molar-refractivity contribution in [3.05, 3.63) is 29.3 Å². The molecule has 4 nitrogen and oxygen atoms in total. The number of nitrogens with zero attached hydrogens (tertiary/aromatic N) is 1. The van der Waals surface area contributed by atoms with E-state index in [9.17, 15) is 22.8 Å². The number of alkyl halides is 3. The van der Waals surface area contributed by atoms with Crippen LogP contribution in [0.3, 0.4) is 0 Å². The molecule has 1 heterocycles. The van der Waals surface area contributed by atoms with E-state index in [1.807, 2.05) is 0 Å².